The largest absolute Gasteiger partial charge is 0.368 e. The Kier molecular flexibility index (Phi) is 6.23. The van der Waals surface area contributed by atoms with Crippen LogP contribution >= 0.6 is 0 Å². The third-order valence-corrected chi connectivity index (χ3v) is 5.04. The van der Waals surface area contributed by atoms with Crippen molar-refractivity contribution in [2.24, 2.45) is 0 Å². The van der Waals surface area contributed by atoms with Crippen molar-refractivity contribution < 1.29 is 14.0 Å². The van der Waals surface area contributed by atoms with Gasteiger partial charge in [-0.3, -0.25) is 14.6 Å². The van der Waals surface area contributed by atoms with Gasteiger partial charge in [0.15, 0.2) is 0 Å². The monoisotopic (exact) mass is 384 g/mol. The summed E-state index contributed by atoms with van der Waals surface area (Å²) in [5, 5.41) is 0. The van der Waals surface area contributed by atoms with E-state index < -0.39 is 0 Å². The van der Waals surface area contributed by atoms with Crippen LogP contribution in [0.15, 0.2) is 42.6 Å². The maximum Gasteiger partial charge on any atom is 0.272 e. The molecule has 7 heteroatoms. The molecule has 1 aromatic heterocycles. The van der Waals surface area contributed by atoms with Gasteiger partial charge in [0, 0.05) is 56.7 Å². The first-order valence-electron chi connectivity index (χ1n) is 9.58. The summed E-state index contributed by atoms with van der Waals surface area (Å²) in [6, 6.07) is 9.61. The molecule has 148 valence electrons. The van der Waals surface area contributed by atoms with Crippen LogP contribution in [-0.2, 0) is 0 Å². The molecule has 1 saturated heterocycles. The number of hydrogen-bond acceptors (Lipinski definition) is 4. The Morgan fingerprint density at radius 1 is 1.04 bits per heavy atom. The van der Waals surface area contributed by atoms with Gasteiger partial charge in [0.25, 0.3) is 11.8 Å². The van der Waals surface area contributed by atoms with Gasteiger partial charge >= 0.3 is 0 Å². The highest BCUT2D eigenvalue weighted by molar-refractivity contribution is 5.98. The van der Waals surface area contributed by atoms with Crippen molar-refractivity contribution in [1.29, 1.82) is 0 Å². The zero-order valence-electron chi connectivity index (χ0n) is 16.3. The number of carbonyl (C=O) groups excluding carboxylic acids is 2. The van der Waals surface area contributed by atoms with E-state index in [4.69, 9.17) is 0 Å². The van der Waals surface area contributed by atoms with Gasteiger partial charge in [-0.25, -0.2) is 4.39 Å². The summed E-state index contributed by atoms with van der Waals surface area (Å²) < 4.78 is 13.1. The highest BCUT2D eigenvalue weighted by Crippen LogP contribution is 2.18. The third kappa shape index (κ3) is 4.30. The second kappa shape index (κ2) is 8.82. The zero-order valence-corrected chi connectivity index (χ0v) is 16.3. The van der Waals surface area contributed by atoms with Crippen LogP contribution in [0.2, 0.25) is 0 Å². The fourth-order valence-electron chi connectivity index (χ4n) is 3.36. The lowest BCUT2D eigenvalue weighted by atomic mass is 10.1. The van der Waals surface area contributed by atoms with Crippen LogP contribution in [0.5, 0.6) is 0 Å². The van der Waals surface area contributed by atoms with Crippen LogP contribution < -0.4 is 4.90 Å². The number of piperazine rings is 1. The van der Waals surface area contributed by atoms with Crippen molar-refractivity contribution in [3.8, 4) is 0 Å². The van der Waals surface area contributed by atoms with Gasteiger partial charge in [-0.15, -0.1) is 0 Å². The average molecular weight is 384 g/mol. The summed E-state index contributed by atoms with van der Waals surface area (Å²) in [6.07, 6.45) is 1.51. The van der Waals surface area contributed by atoms with E-state index in [1.807, 2.05) is 13.8 Å². The lowest BCUT2D eigenvalue weighted by molar-refractivity contribution is 0.0746. The second-order valence-corrected chi connectivity index (χ2v) is 6.66. The minimum Gasteiger partial charge on any atom is -0.368 e. The highest BCUT2D eigenvalue weighted by atomic mass is 19.1. The molecule has 0 radical (unpaired) electrons. The third-order valence-electron chi connectivity index (χ3n) is 5.04. The first-order chi connectivity index (χ1) is 13.5. The number of nitrogens with zero attached hydrogens (tertiary/aromatic N) is 4. The molecular weight excluding hydrogens is 359 g/mol. The number of halogens is 1. The summed E-state index contributed by atoms with van der Waals surface area (Å²) in [4.78, 5) is 35.1. The fourth-order valence-corrected chi connectivity index (χ4v) is 3.36. The molecule has 1 aliphatic rings. The Hall–Kier alpha value is -2.96. The molecule has 0 saturated carbocycles. The van der Waals surface area contributed by atoms with E-state index in [2.05, 4.69) is 9.88 Å². The molecule has 2 aromatic rings. The predicted molar refractivity (Wildman–Crippen MR) is 106 cm³/mol. The highest BCUT2D eigenvalue weighted by Gasteiger charge is 2.24. The van der Waals surface area contributed by atoms with Crippen LogP contribution in [0.4, 0.5) is 10.1 Å². The molecule has 3 rings (SSSR count). The fraction of sp³-hybridized carbons (Fsp3) is 0.381. The number of anilines is 1. The number of benzene rings is 1. The summed E-state index contributed by atoms with van der Waals surface area (Å²) >= 11 is 0. The molecule has 2 heterocycles. The smallest absolute Gasteiger partial charge is 0.272 e. The Morgan fingerprint density at radius 2 is 1.68 bits per heavy atom. The van der Waals surface area contributed by atoms with E-state index in [1.54, 1.807) is 34.1 Å². The second-order valence-electron chi connectivity index (χ2n) is 6.66. The van der Waals surface area contributed by atoms with Gasteiger partial charge in [-0.05, 0) is 50.2 Å². The number of pyridine rings is 1. The van der Waals surface area contributed by atoms with Gasteiger partial charge in [-0.1, -0.05) is 0 Å². The molecule has 0 spiro atoms. The van der Waals surface area contributed by atoms with Gasteiger partial charge in [0.1, 0.15) is 11.5 Å². The van der Waals surface area contributed by atoms with Crippen LogP contribution in [0.3, 0.4) is 0 Å². The van der Waals surface area contributed by atoms with Crippen molar-refractivity contribution >= 4 is 17.5 Å². The molecule has 1 aliphatic heterocycles. The van der Waals surface area contributed by atoms with Gasteiger partial charge in [-0.2, -0.15) is 0 Å². The number of hydrogen-bond donors (Lipinski definition) is 0. The zero-order chi connectivity index (χ0) is 20.1. The van der Waals surface area contributed by atoms with Crippen molar-refractivity contribution in [1.82, 2.24) is 14.8 Å². The number of aromatic nitrogens is 1. The molecule has 0 N–H and O–H groups in total. The Bertz CT molecular complexity index is 829. The lowest BCUT2D eigenvalue weighted by Crippen LogP contribution is -2.48. The predicted octanol–water partition coefficient (Wildman–Crippen LogP) is 2.67. The van der Waals surface area contributed by atoms with E-state index in [-0.39, 0.29) is 17.6 Å². The van der Waals surface area contributed by atoms with Crippen molar-refractivity contribution in [2.45, 2.75) is 13.8 Å². The van der Waals surface area contributed by atoms with E-state index in [1.165, 1.54) is 18.3 Å². The number of carbonyl (C=O) groups is 2. The van der Waals surface area contributed by atoms with Crippen molar-refractivity contribution in [3.05, 3.63) is 59.7 Å². The topological polar surface area (TPSA) is 56.8 Å². The first-order valence-corrected chi connectivity index (χ1v) is 9.58. The molecule has 6 nitrogen and oxygen atoms in total. The minimum absolute atomic E-state index is 0.102. The quantitative estimate of drug-likeness (QED) is 0.795. The normalized spacial score (nSPS) is 14.1. The van der Waals surface area contributed by atoms with Crippen molar-refractivity contribution in [2.75, 3.05) is 44.2 Å². The molecule has 0 atom stereocenters. The Labute approximate surface area is 164 Å². The Balaban J connectivity index is 1.66. The SMILES string of the molecule is CCN(CC)C(=O)c1cc(C(=O)N2CCN(c3ccc(F)cc3)CC2)ccn1. The summed E-state index contributed by atoms with van der Waals surface area (Å²) in [5.41, 5.74) is 1.71. The number of amides is 2. The molecular formula is C21H25FN4O2. The van der Waals surface area contributed by atoms with E-state index in [9.17, 15) is 14.0 Å². The minimum atomic E-state index is -0.259. The lowest BCUT2D eigenvalue weighted by Gasteiger charge is -2.36. The molecule has 2 amide bonds. The van der Waals surface area contributed by atoms with Crippen LogP contribution in [-0.4, -0.2) is 65.9 Å². The molecule has 0 bridgehead atoms. The molecule has 1 aromatic carbocycles. The van der Waals surface area contributed by atoms with Gasteiger partial charge in [0.05, 0.1) is 0 Å². The Morgan fingerprint density at radius 3 is 2.29 bits per heavy atom. The van der Waals surface area contributed by atoms with Gasteiger partial charge < -0.3 is 14.7 Å². The van der Waals surface area contributed by atoms with Gasteiger partial charge in [0.2, 0.25) is 0 Å². The first kappa shape index (κ1) is 19.8. The number of rotatable bonds is 5. The average Bonchev–Trinajstić information content (AvgIpc) is 2.75. The van der Waals surface area contributed by atoms with Crippen LogP contribution in [0.25, 0.3) is 0 Å². The molecule has 1 fully saturated rings. The summed E-state index contributed by atoms with van der Waals surface area (Å²) in [5.74, 6) is -0.527. The van der Waals surface area contributed by atoms with E-state index >= 15 is 0 Å². The molecule has 0 aliphatic carbocycles. The molecule has 28 heavy (non-hydrogen) atoms. The van der Waals surface area contributed by atoms with E-state index in [0.29, 0.717) is 50.5 Å². The van der Waals surface area contributed by atoms with Crippen LogP contribution in [0.1, 0.15) is 34.7 Å². The van der Waals surface area contributed by atoms with Crippen molar-refractivity contribution in [3.63, 3.8) is 0 Å². The molecule has 0 unspecified atom stereocenters. The maximum atomic E-state index is 13.1. The van der Waals surface area contributed by atoms with Crippen LogP contribution in [0, 0.1) is 5.82 Å². The summed E-state index contributed by atoms with van der Waals surface area (Å²) in [6.45, 7) is 7.51. The summed E-state index contributed by atoms with van der Waals surface area (Å²) in [7, 11) is 0. The maximum absolute atomic E-state index is 13.1. The standard InChI is InChI=1S/C21H25FN4O2/c1-3-24(4-2)21(28)19-15-16(9-10-23-19)20(27)26-13-11-25(12-14-26)18-7-5-17(22)6-8-18/h5-10,15H,3-4,11-14H2,1-2H3. The van der Waals surface area contributed by atoms with E-state index in [0.717, 1.165) is 5.69 Å².